The molecule has 0 aliphatic carbocycles. The van der Waals surface area contributed by atoms with E-state index in [4.69, 9.17) is 0 Å². The maximum absolute atomic E-state index is 13.4. The summed E-state index contributed by atoms with van der Waals surface area (Å²) in [6.07, 6.45) is 0. The summed E-state index contributed by atoms with van der Waals surface area (Å²) in [5.41, 5.74) is 1.16. The molecule has 0 amide bonds. The molecule has 4 aromatic rings. The van der Waals surface area contributed by atoms with Crippen molar-refractivity contribution in [2.75, 3.05) is 0 Å². The Morgan fingerprint density at radius 2 is 0.929 bits per heavy atom. The predicted molar refractivity (Wildman–Crippen MR) is 122 cm³/mol. The van der Waals surface area contributed by atoms with Crippen molar-refractivity contribution in [3.63, 3.8) is 0 Å². The van der Waals surface area contributed by atoms with Gasteiger partial charge in [0, 0.05) is 0 Å². The van der Waals surface area contributed by atoms with Crippen molar-refractivity contribution in [1.29, 1.82) is 0 Å². The fourth-order valence-electron chi connectivity index (χ4n) is 3.54. The van der Waals surface area contributed by atoms with Crippen LogP contribution in [0.5, 0.6) is 0 Å². The van der Waals surface area contributed by atoms with E-state index in [1.807, 2.05) is 12.1 Å². The zero-order valence-corrected chi connectivity index (χ0v) is 19.1. The molecule has 0 radical (unpaired) electrons. The van der Waals surface area contributed by atoms with Gasteiger partial charge >= 0.3 is 173 Å². The molecule has 4 rings (SSSR count). The summed E-state index contributed by atoms with van der Waals surface area (Å²) in [7, 11) is 2.07. The van der Waals surface area contributed by atoms with Gasteiger partial charge in [0.1, 0.15) is 0 Å². The van der Waals surface area contributed by atoms with E-state index < -0.39 is 17.0 Å². The number of rotatable bonds is 6. The third kappa shape index (κ3) is 4.03. The third-order valence-electron chi connectivity index (χ3n) is 4.91. The molecule has 3 heteroatoms. The molecule has 0 N–H and O–H groups in total. The van der Waals surface area contributed by atoms with Crippen molar-refractivity contribution in [3.8, 4) is 0 Å². The maximum atomic E-state index is 13.4. The molecule has 0 saturated heterocycles. The van der Waals surface area contributed by atoms with Crippen molar-refractivity contribution in [2.45, 2.75) is 5.75 Å². The van der Waals surface area contributed by atoms with Gasteiger partial charge in [-0.1, -0.05) is 0 Å². The fourth-order valence-corrected chi connectivity index (χ4v) is 23.4. The van der Waals surface area contributed by atoms with Crippen LogP contribution in [0.2, 0.25) is 0 Å². The van der Waals surface area contributed by atoms with E-state index in [9.17, 15) is 4.39 Å². The van der Waals surface area contributed by atoms with Crippen LogP contribution in [0.3, 0.4) is 0 Å². The first-order chi connectivity index (χ1) is 13.8. The second kappa shape index (κ2) is 8.97. The minimum atomic E-state index is -3.29. The van der Waals surface area contributed by atoms with Crippen LogP contribution in [0.4, 0.5) is 4.39 Å². The first-order valence-electron chi connectivity index (χ1n) is 9.34. The average molecular weight is 491 g/mol. The summed E-state index contributed by atoms with van der Waals surface area (Å²) in [5, 5.41) is 0. The summed E-state index contributed by atoms with van der Waals surface area (Å²) in [5.74, 6) is 0.687. The quantitative estimate of drug-likeness (QED) is 0.352. The van der Waals surface area contributed by atoms with Crippen LogP contribution in [-0.2, 0) is 5.75 Å². The summed E-state index contributed by atoms with van der Waals surface area (Å²) in [6, 6.07) is 39.7. The summed E-state index contributed by atoms with van der Waals surface area (Å²) in [6.45, 7) is 0. The van der Waals surface area contributed by atoms with Crippen molar-refractivity contribution >= 4 is 36.7 Å². The molecule has 0 aliphatic heterocycles. The second-order valence-corrected chi connectivity index (χ2v) is 22.7. The van der Waals surface area contributed by atoms with Crippen LogP contribution >= 0.6 is 8.95 Å². The van der Waals surface area contributed by atoms with Gasteiger partial charge in [-0.05, 0) is 0 Å². The molecule has 0 heterocycles. The van der Waals surface area contributed by atoms with Crippen LogP contribution in [0.1, 0.15) is 5.56 Å². The van der Waals surface area contributed by atoms with Crippen molar-refractivity contribution in [1.82, 2.24) is 0 Å². The van der Waals surface area contributed by atoms with E-state index in [1.54, 1.807) is 12.1 Å². The number of hydrogen-bond donors (Lipinski definition) is 0. The van der Waals surface area contributed by atoms with Crippen LogP contribution in [-0.4, -0.2) is 17.0 Å². The number of halogens is 1. The van der Waals surface area contributed by atoms with Gasteiger partial charge in [-0.3, -0.25) is 0 Å². The first kappa shape index (κ1) is 19.3. The Morgan fingerprint density at radius 3 is 1.32 bits per heavy atom. The van der Waals surface area contributed by atoms with E-state index in [0.717, 1.165) is 11.3 Å². The molecular formula is C25H21FSSn. The predicted octanol–water partition coefficient (Wildman–Crippen LogP) is 4.73. The van der Waals surface area contributed by atoms with Crippen molar-refractivity contribution < 1.29 is 4.39 Å². The molecule has 0 unspecified atom stereocenters. The second-order valence-electron chi connectivity index (χ2n) is 6.69. The van der Waals surface area contributed by atoms with E-state index in [-0.39, 0.29) is 5.82 Å². The Hall–Kier alpha value is -2.04. The van der Waals surface area contributed by atoms with Gasteiger partial charge in [-0.25, -0.2) is 0 Å². The Balaban J connectivity index is 1.86. The molecule has 0 fully saturated rings. The summed E-state index contributed by atoms with van der Waals surface area (Å²) >= 11 is -3.29. The standard InChI is InChI=1S/C7H7FS.3C6H5.Sn/c8-7-3-1-6(5-9)2-4-7;3*1-2-4-6-5-3-1;/h1-4,9H,5H2;3*1-5H;/q;;;;+1/p-1. The van der Waals surface area contributed by atoms with Gasteiger partial charge in [0.25, 0.3) is 0 Å². The summed E-state index contributed by atoms with van der Waals surface area (Å²) in [4.78, 5) is 0. The molecule has 0 atom stereocenters. The molecule has 0 aliphatic rings. The average Bonchev–Trinajstić information content (AvgIpc) is 2.78. The Labute approximate surface area is 172 Å². The molecule has 4 aromatic carbocycles. The van der Waals surface area contributed by atoms with E-state index >= 15 is 0 Å². The SMILES string of the molecule is Fc1ccc(C[S][Sn]([c]2ccccc2)([c]2ccccc2)[c]2ccccc2)cc1. The van der Waals surface area contributed by atoms with Crippen LogP contribution in [0, 0.1) is 5.82 Å². The molecule has 0 bridgehead atoms. The van der Waals surface area contributed by atoms with Crippen LogP contribution in [0.25, 0.3) is 0 Å². The third-order valence-corrected chi connectivity index (χ3v) is 25.3. The van der Waals surface area contributed by atoms with Gasteiger partial charge in [0.05, 0.1) is 0 Å². The molecule has 0 aromatic heterocycles. The Morgan fingerprint density at radius 1 is 0.536 bits per heavy atom. The molecule has 28 heavy (non-hydrogen) atoms. The molecule has 0 nitrogen and oxygen atoms in total. The van der Waals surface area contributed by atoms with E-state index in [1.165, 1.54) is 10.7 Å². The normalized spacial score (nSPS) is 11.3. The van der Waals surface area contributed by atoms with Gasteiger partial charge in [0.2, 0.25) is 0 Å². The Bertz CT molecular complexity index is 906. The summed E-state index contributed by atoms with van der Waals surface area (Å²) < 4.78 is 17.7. The van der Waals surface area contributed by atoms with E-state index in [0.29, 0.717) is 0 Å². The monoisotopic (exact) mass is 492 g/mol. The van der Waals surface area contributed by atoms with Crippen LogP contribution in [0.15, 0.2) is 115 Å². The number of benzene rings is 4. The Kier molecular flexibility index (Phi) is 6.18. The molecule has 0 saturated carbocycles. The van der Waals surface area contributed by atoms with E-state index in [2.05, 4.69) is 99.9 Å². The van der Waals surface area contributed by atoms with Crippen molar-refractivity contribution in [3.05, 3.63) is 127 Å². The van der Waals surface area contributed by atoms with Gasteiger partial charge < -0.3 is 0 Å². The zero-order chi connectivity index (χ0) is 19.2. The fraction of sp³-hybridized carbons (Fsp3) is 0.0400. The molecular weight excluding hydrogens is 470 g/mol. The molecule has 138 valence electrons. The minimum absolute atomic E-state index is 0.183. The molecule has 0 spiro atoms. The van der Waals surface area contributed by atoms with Crippen molar-refractivity contribution in [2.24, 2.45) is 0 Å². The first-order valence-corrected chi connectivity index (χ1v) is 18.1. The van der Waals surface area contributed by atoms with Gasteiger partial charge in [0.15, 0.2) is 0 Å². The number of hydrogen-bond acceptors (Lipinski definition) is 1. The topological polar surface area (TPSA) is 0 Å². The van der Waals surface area contributed by atoms with Crippen LogP contribution < -0.4 is 10.7 Å². The van der Waals surface area contributed by atoms with Gasteiger partial charge in [-0.2, -0.15) is 0 Å². The zero-order valence-electron chi connectivity index (χ0n) is 15.5. The van der Waals surface area contributed by atoms with Gasteiger partial charge in [-0.15, -0.1) is 0 Å².